The van der Waals surface area contributed by atoms with Gasteiger partial charge in [-0.05, 0) is 157 Å². The minimum atomic E-state index is -5.44. The first-order chi connectivity index (χ1) is 58.1. The van der Waals surface area contributed by atoms with Crippen LogP contribution < -0.4 is 11.1 Å². The van der Waals surface area contributed by atoms with E-state index in [-0.39, 0.29) is 58.8 Å². The Kier molecular flexibility index (Phi) is 13.5. The van der Waals surface area contributed by atoms with Gasteiger partial charge in [0.1, 0.15) is 24.6 Å². The highest BCUT2D eigenvalue weighted by Crippen LogP contribution is 2.35. The maximum Gasteiger partial charge on any atom is 0.416 e. The van der Waals surface area contributed by atoms with E-state index in [0.717, 1.165) is 66.3 Å². The lowest BCUT2D eigenvalue weighted by Crippen LogP contribution is -2.40. The number of carbonyl (C=O) groups is 2. The number of nitrogens with zero attached hydrogens (tertiary/aromatic N) is 8. The zero-order valence-electron chi connectivity index (χ0n) is 83.8. The molecule has 2 aromatic heterocycles. The quantitative estimate of drug-likeness (QED) is 0.0295. The number of halogens is 8. The minimum Gasteiger partial charge on any atom is -0.336 e. The van der Waals surface area contributed by atoms with E-state index >= 15 is 4.79 Å². The number of hydrogen-bond donors (Lipinski definition) is 0. The van der Waals surface area contributed by atoms with Crippen LogP contribution in [-0.4, -0.2) is 103 Å². The zero-order chi connectivity index (χ0) is 97.3. The Balaban J connectivity index is 0.000000300. The highest BCUT2D eigenvalue weighted by atomic mass is 32.2. The van der Waals surface area contributed by atoms with Crippen LogP contribution in [0.15, 0.2) is 165 Å². The van der Waals surface area contributed by atoms with Crippen molar-refractivity contribution in [1.29, 1.82) is 0 Å². The van der Waals surface area contributed by atoms with Crippen LogP contribution >= 0.6 is 23.5 Å². The highest BCUT2D eigenvalue weighted by Gasteiger charge is 2.33. The molecule has 0 spiro atoms. The molecule has 502 valence electrons. The third-order valence-corrected chi connectivity index (χ3v) is 15.6. The molecule has 2 amide bonds. The number of likely N-dealkylation sites (N-methyl/N-ethyl adjacent to an activating group) is 2. The molecule has 2 heterocycles. The van der Waals surface area contributed by atoms with Crippen LogP contribution in [0.4, 0.5) is 35.1 Å². The average molecular weight is 1380 g/mol. The van der Waals surface area contributed by atoms with Crippen molar-refractivity contribution < 1.29 is 89.9 Å². The summed E-state index contributed by atoms with van der Waals surface area (Å²) in [7, 11) is 0. The van der Waals surface area contributed by atoms with Gasteiger partial charge in [-0.2, -0.15) is 36.3 Å². The Bertz CT molecular complexity index is 5680. The van der Waals surface area contributed by atoms with Crippen molar-refractivity contribution >= 4 is 35.3 Å². The Morgan fingerprint density at radius 1 is 0.537 bits per heavy atom. The van der Waals surface area contributed by atoms with Crippen molar-refractivity contribution in [1.82, 2.24) is 38.7 Å². The van der Waals surface area contributed by atoms with E-state index in [4.69, 9.17) is 39.8 Å². The van der Waals surface area contributed by atoms with Gasteiger partial charge in [0.15, 0.2) is 10.3 Å². The fraction of sp³-hybridized carbons (Fsp3) is 0.370. The van der Waals surface area contributed by atoms with E-state index in [1.165, 1.54) is 24.3 Å². The number of aromatic nitrogens is 4. The summed E-state index contributed by atoms with van der Waals surface area (Å²) in [6.45, 7) is -16.6. The summed E-state index contributed by atoms with van der Waals surface area (Å²) in [5.74, 6) is -8.70. The van der Waals surface area contributed by atoms with Gasteiger partial charge in [0.2, 0.25) is 11.8 Å². The fourth-order valence-electron chi connectivity index (χ4n) is 9.21. The van der Waals surface area contributed by atoms with Gasteiger partial charge in [-0.25, -0.2) is 8.78 Å². The second-order valence-corrected chi connectivity index (χ2v) is 21.8. The van der Waals surface area contributed by atoms with E-state index < -0.39 is 275 Å². The van der Waals surface area contributed by atoms with Gasteiger partial charge in [0, 0.05) is 96.5 Å². The lowest BCUT2D eigenvalue weighted by Gasteiger charge is -2.28. The van der Waals surface area contributed by atoms with Crippen LogP contribution in [0.25, 0.3) is 22.3 Å². The molecule has 0 bridgehead atoms. The molecule has 12 nitrogen and oxygen atoms in total. The molecule has 0 N–H and O–H groups in total. The van der Waals surface area contributed by atoms with Gasteiger partial charge < -0.3 is 28.7 Å². The molecule has 0 radical (unpaired) electrons. The first kappa shape index (κ1) is 39.3. The van der Waals surface area contributed by atoms with E-state index in [0.29, 0.717) is 46.7 Å². The first-order valence-electron chi connectivity index (χ1n) is 45.0. The summed E-state index contributed by atoms with van der Waals surface area (Å²) in [5.41, 5.74) is -16.6. The Hall–Kier alpha value is -7.92. The Morgan fingerprint density at radius 2 is 0.989 bits per heavy atom. The molecule has 0 saturated heterocycles. The molecule has 0 saturated carbocycles. The summed E-state index contributed by atoms with van der Waals surface area (Å²) in [6, 6.07) is -1.21. The van der Waals surface area contributed by atoms with Crippen LogP contribution in [0.2, 0.25) is 0 Å². The van der Waals surface area contributed by atoms with E-state index in [2.05, 4.69) is 9.97 Å². The number of fused-ring (bicyclic) bond motifs is 2. The molecular weight excluding hydrogens is 1270 g/mol. The molecule has 0 aliphatic heterocycles. The van der Waals surface area contributed by atoms with Crippen LogP contribution in [0.5, 0.6) is 0 Å². The summed E-state index contributed by atoms with van der Waals surface area (Å²) in [4.78, 5) is 67.0. The van der Waals surface area contributed by atoms with E-state index in [1.807, 2.05) is 0 Å². The molecule has 22 heteroatoms. The van der Waals surface area contributed by atoms with Crippen molar-refractivity contribution in [3.05, 3.63) is 234 Å². The largest absolute Gasteiger partial charge is 0.416 e. The third-order valence-electron chi connectivity index (χ3n) is 14.0. The topological polar surface area (TPSA) is 117 Å². The predicted octanol–water partition coefficient (Wildman–Crippen LogP) is 14.7. The van der Waals surface area contributed by atoms with Gasteiger partial charge in [0.25, 0.3) is 11.1 Å². The molecule has 0 fully saturated rings. The normalized spacial score (nSPS) is 21.7. The second kappa shape index (κ2) is 32.7. The molecule has 10 rings (SSSR count). The number of benzene rings is 6. The van der Waals surface area contributed by atoms with Crippen LogP contribution in [0, 0.1) is 17.5 Å². The Labute approximate surface area is 603 Å². The summed E-state index contributed by atoms with van der Waals surface area (Å²) < 4.78 is 393. The predicted molar refractivity (Wildman–Crippen MR) is 358 cm³/mol. The molecule has 95 heavy (non-hydrogen) atoms. The third kappa shape index (κ3) is 19.2. The van der Waals surface area contributed by atoms with Crippen molar-refractivity contribution in [2.45, 2.75) is 127 Å². The van der Waals surface area contributed by atoms with Gasteiger partial charge in [-0.1, -0.05) is 155 Å². The molecular formula is C73H78F8N8O4S2. The summed E-state index contributed by atoms with van der Waals surface area (Å²) in [5, 5.41) is -1.86. The molecule has 8 aromatic rings. The van der Waals surface area contributed by atoms with Crippen molar-refractivity contribution in [2.75, 3.05) is 52.2 Å². The Morgan fingerprint density at radius 3 is 1.51 bits per heavy atom. The van der Waals surface area contributed by atoms with Gasteiger partial charge in [-0.3, -0.25) is 19.2 Å². The van der Waals surface area contributed by atoms with E-state index in [1.54, 1.807) is 24.3 Å². The van der Waals surface area contributed by atoms with Crippen molar-refractivity contribution in [3.63, 3.8) is 0 Å². The molecule has 2 aliphatic rings. The monoisotopic (exact) mass is 1380 g/mol. The van der Waals surface area contributed by atoms with Crippen molar-refractivity contribution in [3.8, 4) is 22.3 Å². The second-order valence-electron chi connectivity index (χ2n) is 20.3. The fourth-order valence-corrected chi connectivity index (χ4v) is 10.6. The summed E-state index contributed by atoms with van der Waals surface area (Å²) in [6.07, 6.45) is -16.1. The number of rotatable bonds is 26. The maximum atomic E-state index is 15.2. The van der Waals surface area contributed by atoms with Crippen molar-refractivity contribution in [2.24, 2.45) is 5.89 Å². The lowest BCUT2D eigenvalue weighted by molar-refractivity contribution is -0.138. The number of alkyl halides is 6. The van der Waals surface area contributed by atoms with Gasteiger partial charge >= 0.3 is 12.4 Å². The summed E-state index contributed by atoms with van der Waals surface area (Å²) >= 11 is -0.103. The first-order valence-corrected chi connectivity index (χ1v) is 30.1. The number of carbonyl (C=O) groups excluding carboxylic acids is 2. The number of hydrogen-bond acceptors (Lipinski definition) is 10. The average Bonchev–Trinajstić information content (AvgIpc) is 1.51. The lowest BCUT2D eigenvalue weighted by atomic mass is 10.0. The number of amides is 2. The molecule has 1 unspecified atom stereocenters. The van der Waals surface area contributed by atoms with Crippen LogP contribution in [-0.2, 0) is 85.0 Å². The zero-order valence-corrected chi connectivity index (χ0v) is 52.5. The van der Waals surface area contributed by atoms with Crippen LogP contribution in [0.1, 0.15) is 142 Å². The SMILES string of the molecule is [2H]C([2H])(Sc1nc(=O)c2c(n1C([2H])([2H])C(=O)N(CCN(C([2H])([2H])C)C([2H])([2H])C)Cc1ccc(-c3ccc(C(F)(F)F)cc3)cc1)CCC2)c1ccc(F)cc1.[2H]c1c([2H])c(C([2H])([2H])Sc2nc(=O)c3c(n2C([2H])([2H])C(=O)N(CCN(C([2H])([2H])C)C([2H])([2H])C)Cc2c([2H])c([2H])c(-c4c([2H])c([2H])c(C(F)(F)F)c([2H])c4[2H])c([2H])c2[2H])C([2H])([2H])C([2H])(C)C3([2H])[2H])c([2H])c([2H])c1F. The smallest absolute Gasteiger partial charge is 0.336 e. The van der Waals surface area contributed by atoms with Gasteiger partial charge in [0.05, 0.1) is 33.1 Å². The van der Waals surface area contributed by atoms with Crippen LogP contribution in [0.3, 0.4) is 0 Å². The standard InChI is InChI=1S/C37H40F4N4O2S.C36H38F4N4O2S/c1-4-43(5-2)18-19-44(22-26-6-10-28(11-7-26)29-12-14-30(15-13-29)37(39,40)41)34(46)23-45-33-21-25(3)20-32(33)35(47)42-36(45)48-24-27-8-16-31(38)17-9-27;1-3-42(4-2)20-21-43(22-25-8-12-27(13-9-25)28-14-16-29(17-15-28)36(38,39)40)33(45)23-44-32-7-5-6-31(32)34(46)41-35(44)47-24-26-10-18-30(37)19-11-26/h6-17,25H,4-5,18-24H2,1-3H3;8-19H,3-7,20-24H2,1-2H3/i4D2,5D2,6D,7D,8D,9D,10D,11D,12D,13D,14D,15D,16D,17D,20D2,21D2,23D2,24D2,25D;3D2,4D2,23D2,24D2. The van der Waals surface area contributed by atoms with E-state index in [9.17, 15) is 55.0 Å². The van der Waals surface area contributed by atoms with Gasteiger partial charge in [-0.15, -0.1) is 0 Å². The maximum absolute atomic E-state index is 15.2. The number of thioether (sulfide) groups is 2. The minimum absolute atomic E-state index is 0.00350. The molecule has 1 atom stereocenters. The molecule has 6 aromatic carbocycles. The molecule has 2 aliphatic carbocycles. The highest BCUT2D eigenvalue weighted by molar-refractivity contribution is 7.98.